The molecule has 1 unspecified atom stereocenters. The van der Waals surface area contributed by atoms with Crippen molar-refractivity contribution in [2.75, 3.05) is 19.8 Å². The number of rotatable bonds is 7. The van der Waals surface area contributed by atoms with E-state index in [0.717, 1.165) is 29.4 Å². The lowest BCUT2D eigenvalue weighted by Gasteiger charge is -2.21. The minimum atomic E-state index is -0.170. The van der Waals surface area contributed by atoms with Crippen LogP contribution in [0.3, 0.4) is 0 Å². The Bertz CT molecular complexity index is 424. The van der Waals surface area contributed by atoms with E-state index in [1.807, 2.05) is 12.1 Å². The van der Waals surface area contributed by atoms with Crippen molar-refractivity contribution in [3.63, 3.8) is 0 Å². The lowest BCUT2D eigenvalue weighted by molar-refractivity contribution is -0.0526. The van der Waals surface area contributed by atoms with Crippen molar-refractivity contribution in [2.24, 2.45) is 0 Å². The molecule has 1 aromatic carbocycles. The first-order valence-electron chi connectivity index (χ1n) is 7.09. The van der Waals surface area contributed by atoms with Crippen molar-refractivity contribution in [3.8, 4) is 0 Å². The highest BCUT2D eigenvalue weighted by Crippen LogP contribution is 2.19. The maximum atomic E-state index is 13.9. The Kier molecular flexibility index (Phi) is 6.42. The van der Waals surface area contributed by atoms with E-state index in [1.165, 1.54) is 6.07 Å². The van der Waals surface area contributed by atoms with Gasteiger partial charge in [0.1, 0.15) is 5.82 Å². The van der Waals surface area contributed by atoms with Gasteiger partial charge in [-0.25, -0.2) is 4.39 Å². The molecule has 0 aromatic heterocycles. The van der Waals surface area contributed by atoms with Gasteiger partial charge in [-0.1, -0.05) is 28.9 Å². The number of ether oxygens (including phenoxy) is 2. The quantitative estimate of drug-likeness (QED) is 0.822. The van der Waals surface area contributed by atoms with E-state index < -0.39 is 0 Å². The van der Waals surface area contributed by atoms with Crippen molar-refractivity contribution in [2.45, 2.75) is 38.5 Å². The van der Waals surface area contributed by atoms with Gasteiger partial charge in [-0.05, 0) is 37.1 Å². The third kappa shape index (κ3) is 4.81. The van der Waals surface area contributed by atoms with Crippen LogP contribution < -0.4 is 5.32 Å². The van der Waals surface area contributed by atoms with E-state index in [0.29, 0.717) is 19.6 Å². The van der Waals surface area contributed by atoms with Gasteiger partial charge in [0.15, 0.2) is 6.29 Å². The zero-order chi connectivity index (χ0) is 14.4. The molecule has 112 valence electrons. The summed E-state index contributed by atoms with van der Waals surface area (Å²) in [4.78, 5) is 0. The predicted molar refractivity (Wildman–Crippen MR) is 80.2 cm³/mol. The molecule has 5 heteroatoms. The topological polar surface area (TPSA) is 30.5 Å². The Hall–Kier alpha value is -0.490. The second-order valence-corrected chi connectivity index (χ2v) is 5.91. The first-order valence-corrected chi connectivity index (χ1v) is 7.89. The maximum Gasteiger partial charge on any atom is 0.159 e. The van der Waals surface area contributed by atoms with E-state index in [-0.39, 0.29) is 18.1 Å². The molecule has 0 bridgehead atoms. The van der Waals surface area contributed by atoms with Crippen molar-refractivity contribution in [3.05, 3.63) is 34.1 Å². The fraction of sp³-hybridized carbons (Fsp3) is 0.600. The lowest BCUT2D eigenvalue weighted by Crippen LogP contribution is -2.35. The summed E-state index contributed by atoms with van der Waals surface area (Å²) < 4.78 is 25.7. The Morgan fingerprint density at radius 3 is 2.80 bits per heavy atom. The number of benzene rings is 1. The van der Waals surface area contributed by atoms with Crippen LogP contribution in [0.4, 0.5) is 4.39 Å². The minimum absolute atomic E-state index is 0.161. The summed E-state index contributed by atoms with van der Waals surface area (Å²) in [7, 11) is 0. The minimum Gasteiger partial charge on any atom is -0.350 e. The van der Waals surface area contributed by atoms with Crippen LogP contribution >= 0.6 is 15.9 Å². The van der Waals surface area contributed by atoms with Gasteiger partial charge in [0.2, 0.25) is 0 Å². The highest BCUT2D eigenvalue weighted by Gasteiger charge is 2.22. The molecule has 1 saturated heterocycles. The summed E-state index contributed by atoms with van der Waals surface area (Å²) in [6.07, 6.45) is 2.27. The van der Waals surface area contributed by atoms with Crippen LogP contribution in [-0.4, -0.2) is 32.1 Å². The van der Waals surface area contributed by atoms with E-state index in [9.17, 15) is 4.39 Å². The normalized spacial score (nSPS) is 17.6. The maximum absolute atomic E-state index is 13.9. The average Bonchev–Trinajstić information content (AvgIpc) is 2.92. The van der Waals surface area contributed by atoms with Crippen LogP contribution in [0.1, 0.15) is 25.3 Å². The number of halogens is 2. The molecule has 1 atom stereocenters. The highest BCUT2D eigenvalue weighted by atomic mass is 79.9. The summed E-state index contributed by atoms with van der Waals surface area (Å²) in [5.74, 6) is -0.170. The van der Waals surface area contributed by atoms with Gasteiger partial charge in [0, 0.05) is 16.9 Å². The molecule has 3 nitrogen and oxygen atoms in total. The van der Waals surface area contributed by atoms with Crippen molar-refractivity contribution < 1.29 is 13.9 Å². The van der Waals surface area contributed by atoms with Crippen molar-refractivity contribution in [1.29, 1.82) is 0 Å². The van der Waals surface area contributed by atoms with Crippen molar-refractivity contribution in [1.82, 2.24) is 5.32 Å². The van der Waals surface area contributed by atoms with Crippen LogP contribution in [0.2, 0.25) is 0 Å². The van der Waals surface area contributed by atoms with Crippen LogP contribution in [-0.2, 0) is 15.9 Å². The fourth-order valence-electron chi connectivity index (χ4n) is 2.32. The largest absolute Gasteiger partial charge is 0.350 e. The van der Waals surface area contributed by atoms with Crippen LogP contribution in [0, 0.1) is 5.82 Å². The Morgan fingerprint density at radius 2 is 2.15 bits per heavy atom. The third-order valence-corrected chi connectivity index (χ3v) is 3.83. The van der Waals surface area contributed by atoms with E-state index in [1.54, 1.807) is 0 Å². The molecule has 0 saturated carbocycles. The van der Waals surface area contributed by atoms with E-state index in [2.05, 4.69) is 28.2 Å². The smallest absolute Gasteiger partial charge is 0.159 e. The van der Waals surface area contributed by atoms with Gasteiger partial charge >= 0.3 is 0 Å². The molecule has 1 aliphatic heterocycles. The van der Waals surface area contributed by atoms with Crippen molar-refractivity contribution >= 4 is 15.9 Å². The molecule has 1 fully saturated rings. The standard InChI is InChI=1S/C15H21BrFNO2/c1-2-5-18-13(10-15-19-6-7-20-15)8-11-3-4-12(16)9-14(11)17/h3-4,9,13,15,18H,2,5-8,10H2,1H3. The molecule has 1 aromatic rings. The third-order valence-electron chi connectivity index (χ3n) is 3.33. The molecule has 0 aliphatic carbocycles. The molecule has 1 heterocycles. The second-order valence-electron chi connectivity index (χ2n) is 5.00. The van der Waals surface area contributed by atoms with E-state index >= 15 is 0 Å². The number of hydrogen-bond acceptors (Lipinski definition) is 3. The molecule has 0 spiro atoms. The van der Waals surface area contributed by atoms with E-state index in [4.69, 9.17) is 9.47 Å². The predicted octanol–water partition coefficient (Wildman–Crippen LogP) is 3.26. The van der Waals surface area contributed by atoms with Crippen LogP contribution in [0.25, 0.3) is 0 Å². The first-order chi connectivity index (χ1) is 9.69. The summed E-state index contributed by atoms with van der Waals surface area (Å²) in [5.41, 5.74) is 0.722. The Balaban J connectivity index is 1.97. The monoisotopic (exact) mass is 345 g/mol. The lowest BCUT2D eigenvalue weighted by atomic mass is 10.0. The van der Waals surface area contributed by atoms with Crippen LogP contribution in [0.15, 0.2) is 22.7 Å². The molecule has 20 heavy (non-hydrogen) atoms. The average molecular weight is 346 g/mol. The van der Waals surface area contributed by atoms with Gasteiger partial charge in [0.25, 0.3) is 0 Å². The Morgan fingerprint density at radius 1 is 1.40 bits per heavy atom. The summed E-state index contributed by atoms with van der Waals surface area (Å²) >= 11 is 3.28. The fourth-order valence-corrected chi connectivity index (χ4v) is 2.65. The molecule has 2 rings (SSSR count). The zero-order valence-corrected chi connectivity index (χ0v) is 13.3. The molecule has 0 radical (unpaired) electrons. The number of nitrogens with one attached hydrogen (secondary N) is 1. The Labute approximate surface area is 128 Å². The SMILES string of the molecule is CCCNC(Cc1ccc(Br)cc1F)CC1OCCO1. The molecule has 1 N–H and O–H groups in total. The highest BCUT2D eigenvalue weighted by molar-refractivity contribution is 9.10. The van der Waals surface area contributed by atoms with Gasteiger partial charge in [-0.3, -0.25) is 0 Å². The van der Waals surface area contributed by atoms with Gasteiger partial charge in [0.05, 0.1) is 13.2 Å². The molecule has 0 amide bonds. The summed E-state index contributed by atoms with van der Waals surface area (Å²) in [5, 5.41) is 3.45. The summed E-state index contributed by atoms with van der Waals surface area (Å²) in [6.45, 7) is 4.33. The molecular weight excluding hydrogens is 325 g/mol. The van der Waals surface area contributed by atoms with Gasteiger partial charge < -0.3 is 14.8 Å². The van der Waals surface area contributed by atoms with Crippen LogP contribution in [0.5, 0.6) is 0 Å². The first kappa shape index (κ1) is 15.9. The molecule has 1 aliphatic rings. The van der Waals surface area contributed by atoms with Gasteiger partial charge in [-0.15, -0.1) is 0 Å². The molecular formula is C15H21BrFNO2. The van der Waals surface area contributed by atoms with Gasteiger partial charge in [-0.2, -0.15) is 0 Å². The number of hydrogen-bond donors (Lipinski definition) is 1. The second kappa shape index (κ2) is 8.08. The zero-order valence-electron chi connectivity index (χ0n) is 11.7. The summed E-state index contributed by atoms with van der Waals surface area (Å²) in [6, 6.07) is 5.37.